The van der Waals surface area contributed by atoms with Crippen LogP contribution in [0.25, 0.3) is 0 Å². The largest absolute Gasteiger partial charge is 0.573 e. The number of alkyl halides is 3. The molecule has 0 aliphatic carbocycles. The first kappa shape index (κ1) is 26.0. The molecule has 3 aromatic rings. The van der Waals surface area contributed by atoms with Crippen LogP contribution in [0.3, 0.4) is 0 Å². The summed E-state index contributed by atoms with van der Waals surface area (Å²) in [6, 6.07) is 13.2. The van der Waals surface area contributed by atoms with Gasteiger partial charge >= 0.3 is 12.3 Å². The predicted octanol–water partition coefficient (Wildman–Crippen LogP) is 6.16. The molecular formula is C21H14Br2F3NO6. The number of carbonyl (C=O) groups is 2. The number of carboxylic acid groups (broad SMARTS) is 1. The van der Waals surface area contributed by atoms with E-state index in [0.717, 1.165) is 12.1 Å². The topological polar surface area (TPSA) is 116 Å². The Labute approximate surface area is 201 Å². The van der Waals surface area contributed by atoms with Gasteiger partial charge in [-0.1, -0.05) is 31.9 Å². The number of anilines is 1. The molecule has 0 bridgehead atoms. The van der Waals surface area contributed by atoms with Gasteiger partial charge in [0.2, 0.25) is 0 Å². The van der Waals surface area contributed by atoms with E-state index in [1.165, 1.54) is 36.4 Å². The van der Waals surface area contributed by atoms with Gasteiger partial charge in [0.05, 0.1) is 5.56 Å². The van der Waals surface area contributed by atoms with Gasteiger partial charge in [-0.3, -0.25) is 4.79 Å². The Morgan fingerprint density at radius 1 is 0.818 bits per heavy atom. The number of carboxylic acids is 1. The monoisotopic (exact) mass is 591 g/mol. The van der Waals surface area contributed by atoms with Crippen LogP contribution in [-0.2, 0) is 0 Å². The third kappa shape index (κ3) is 8.31. The van der Waals surface area contributed by atoms with Gasteiger partial charge < -0.3 is 25.4 Å². The van der Waals surface area contributed by atoms with Crippen molar-refractivity contribution < 1.29 is 42.8 Å². The number of ether oxygens (including phenoxy) is 1. The van der Waals surface area contributed by atoms with Gasteiger partial charge in [-0.2, -0.15) is 0 Å². The van der Waals surface area contributed by atoms with Gasteiger partial charge in [0.25, 0.3) is 5.91 Å². The molecule has 0 fully saturated rings. The van der Waals surface area contributed by atoms with E-state index in [2.05, 4.69) is 41.9 Å². The zero-order valence-corrected chi connectivity index (χ0v) is 19.4. The molecule has 33 heavy (non-hydrogen) atoms. The summed E-state index contributed by atoms with van der Waals surface area (Å²) in [7, 11) is 0. The van der Waals surface area contributed by atoms with Gasteiger partial charge in [-0.25, -0.2) is 4.79 Å². The third-order valence-electron chi connectivity index (χ3n) is 3.74. The minimum atomic E-state index is -4.77. The number of hydrogen-bond donors (Lipinski definition) is 4. The van der Waals surface area contributed by atoms with E-state index in [4.69, 9.17) is 10.2 Å². The van der Waals surface area contributed by atoms with Crippen LogP contribution in [0.5, 0.6) is 17.2 Å². The molecule has 3 rings (SSSR count). The molecule has 0 atom stereocenters. The van der Waals surface area contributed by atoms with Crippen LogP contribution in [0.4, 0.5) is 18.9 Å². The standard InChI is InChI=1S/C14H9BrF3NO3.C7H5BrO3/c15-8-1-6-11(12(20)7-8)13(21)19-9-2-4-10(5-3-9)22-14(16,17)18;8-4-1-2-5(7(10)11)6(9)3-4/h1-7,20H,(H,19,21);1-3,9H,(H,10,11). The lowest BCUT2D eigenvalue weighted by Crippen LogP contribution is -2.17. The molecule has 0 spiro atoms. The molecule has 4 N–H and O–H groups in total. The zero-order chi connectivity index (χ0) is 24.8. The molecule has 7 nitrogen and oxygen atoms in total. The summed E-state index contributed by atoms with van der Waals surface area (Å²) in [5.74, 6) is -2.56. The molecule has 0 saturated carbocycles. The smallest absolute Gasteiger partial charge is 0.507 e. The number of halogens is 5. The van der Waals surface area contributed by atoms with E-state index in [9.17, 15) is 27.9 Å². The molecule has 0 saturated heterocycles. The Bertz CT molecular complexity index is 1150. The van der Waals surface area contributed by atoms with Gasteiger partial charge in [0, 0.05) is 14.6 Å². The average Bonchev–Trinajstić information content (AvgIpc) is 2.68. The maximum atomic E-state index is 12.0. The Hall–Kier alpha value is -3.25. The highest BCUT2D eigenvalue weighted by atomic mass is 79.9. The second kappa shape index (κ2) is 11.1. The number of benzene rings is 3. The lowest BCUT2D eigenvalue weighted by Gasteiger charge is -2.10. The molecule has 3 aromatic carbocycles. The van der Waals surface area contributed by atoms with E-state index >= 15 is 0 Å². The number of amides is 1. The van der Waals surface area contributed by atoms with Crippen molar-refractivity contribution in [1.29, 1.82) is 0 Å². The van der Waals surface area contributed by atoms with Crippen LogP contribution in [-0.4, -0.2) is 33.6 Å². The molecule has 0 radical (unpaired) electrons. The summed E-state index contributed by atoms with van der Waals surface area (Å²) in [6.45, 7) is 0. The van der Waals surface area contributed by atoms with Crippen molar-refractivity contribution in [2.75, 3.05) is 5.32 Å². The Balaban J connectivity index is 0.000000294. The first-order valence-corrected chi connectivity index (χ1v) is 10.3. The summed E-state index contributed by atoms with van der Waals surface area (Å²) in [6.07, 6.45) is -4.77. The number of aromatic carboxylic acids is 1. The number of rotatable bonds is 4. The van der Waals surface area contributed by atoms with Crippen LogP contribution in [0.1, 0.15) is 20.7 Å². The fourth-order valence-electron chi connectivity index (χ4n) is 2.32. The minimum absolute atomic E-state index is 0.0406. The maximum Gasteiger partial charge on any atom is 0.573 e. The lowest BCUT2D eigenvalue weighted by atomic mass is 10.2. The average molecular weight is 593 g/mol. The van der Waals surface area contributed by atoms with Gasteiger partial charge in [0.15, 0.2) is 0 Å². The van der Waals surface area contributed by atoms with Crippen LogP contribution in [0.2, 0.25) is 0 Å². The van der Waals surface area contributed by atoms with E-state index < -0.39 is 24.0 Å². The summed E-state index contributed by atoms with van der Waals surface area (Å²) in [5.41, 5.74) is 0.217. The Kier molecular flexibility index (Phi) is 8.71. The van der Waals surface area contributed by atoms with E-state index in [1.54, 1.807) is 12.1 Å². The normalized spacial score (nSPS) is 10.6. The second-order valence-electron chi connectivity index (χ2n) is 6.15. The number of aromatic hydroxyl groups is 2. The van der Waals surface area contributed by atoms with E-state index in [-0.39, 0.29) is 28.3 Å². The van der Waals surface area contributed by atoms with Gasteiger partial charge in [0.1, 0.15) is 22.8 Å². The number of phenols is 2. The number of hydrogen-bond acceptors (Lipinski definition) is 5. The maximum absolute atomic E-state index is 12.0. The summed E-state index contributed by atoms with van der Waals surface area (Å²) in [4.78, 5) is 22.3. The Morgan fingerprint density at radius 3 is 1.73 bits per heavy atom. The zero-order valence-electron chi connectivity index (χ0n) is 16.2. The summed E-state index contributed by atoms with van der Waals surface area (Å²) in [5, 5.41) is 29.7. The van der Waals surface area contributed by atoms with Crippen molar-refractivity contribution in [3.8, 4) is 17.2 Å². The molecule has 0 aromatic heterocycles. The molecule has 0 aliphatic heterocycles. The van der Waals surface area contributed by atoms with Crippen molar-refractivity contribution in [3.63, 3.8) is 0 Å². The molecular weight excluding hydrogens is 579 g/mol. The number of phenolic OH excluding ortho intramolecular Hbond substituents is 1. The van der Waals surface area contributed by atoms with Crippen LogP contribution in [0, 0.1) is 0 Å². The second-order valence-corrected chi connectivity index (χ2v) is 7.99. The molecule has 0 heterocycles. The lowest BCUT2D eigenvalue weighted by molar-refractivity contribution is -0.274. The van der Waals surface area contributed by atoms with Crippen molar-refractivity contribution in [3.05, 3.63) is 80.7 Å². The van der Waals surface area contributed by atoms with Crippen molar-refractivity contribution in [1.82, 2.24) is 0 Å². The minimum Gasteiger partial charge on any atom is -0.507 e. The van der Waals surface area contributed by atoms with E-state index in [0.29, 0.717) is 8.95 Å². The van der Waals surface area contributed by atoms with Crippen LogP contribution in [0.15, 0.2) is 69.6 Å². The first-order chi connectivity index (χ1) is 15.4. The summed E-state index contributed by atoms with van der Waals surface area (Å²) >= 11 is 6.24. The molecule has 1 amide bonds. The summed E-state index contributed by atoms with van der Waals surface area (Å²) < 4.78 is 41.1. The van der Waals surface area contributed by atoms with Crippen molar-refractivity contribution >= 4 is 49.4 Å². The van der Waals surface area contributed by atoms with E-state index in [1.807, 2.05) is 0 Å². The van der Waals surface area contributed by atoms with Crippen LogP contribution >= 0.6 is 31.9 Å². The van der Waals surface area contributed by atoms with Crippen molar-refractivity contribution in [2.24, 2.45) is 0 Å². The fraction of sp³-hybridized carbons (Fsp3) is 0.0476. The quantitative estimate of drug-likeness (QED) is 0.288. The molecule has 0 unspecified atom stereocenters. The van der Waals surface area contributed by atoms with Crippen LogP contribution < -0.4 is 10.1 Å². The fourth-order valence-corrected chi connectivity index (χ4v) is 3.02. The number of carbonyl (C=O) groups excluding carboxylic acids is 1. The highest BCUT2D eigenvalue weighted by Gasteiger charge is 2.31. The first-order valence-electron chi connectivity index (χ1n) is 8.73. The highest BCUT2D eigenvalue weighted by molar-refractivity contribution is 9.10. The third-order valence-corrected chi connectivity index (χ3v) is 4.73. The molecule has 12 heteroatoms. The Morgan fingerprint density at radius 2 is 1.30 bits per heavy atom. The van der Waals surface area contributed by atoms with Gasteiger partial charge in [-0.15, -0.1) is 13.2 Å². The predicted molar refractivity (Wildman–Crippen MR) is 120 cm³/mol. The number of nitrogens with one attached hydrogen (secondary N) is 1. The van der Waals surface area contributed by atoms with Gasteiger partial charge in [-0.05, 0) is 60.7 Å². The molecule has 174 valence electrons. The highest BCUT2D eigenvalue weighted by Crippen LogP contribution is 2.26. The molecule has 0 aliphatic rings. The van der Waals surface area contributed by atoms with Crippen molar-refractivity contribution in [2.45, 2.75) is 6.36 Å². The SMILES string of the molecule is O=C(Nc1ccc(OC(F)(F)F)cc1)c1ccc(Br)cc1O.O=C(O)c1ccc(Br)cc1O.